The van der Waals surface area contributed by atoms with Gasteiger partial charge in [-0.25, -0.2) is 0 Å². The zero-order valence-corrected chi connectivity index (χ0v) is 15.4. The maximum Gasteiger partial charge on any atom is 0.224 e. The molecule has 0 fully saturated rings. The molecule has 0 bridgehead atoms. The van der Waals surface area contributed by atoms with Crippen molar-refractivity contribution in [2.24, 2.45) is 5.92 Å². The third-order valence-electron chi connectivity index (χ3n) is 4.13. The fourth-order valence-corrected chi connectivity index (χ4v) is 2.71. The van der Waals surface area contributed by atoms with E-state index in [-0.39, 0.29) is 5.91 Å². The lowest BCUT2D eigenvalue weighted by Gasteiger charge is -2.19. The molecular weight excluding hydrogens is 328 g/mol. The predicted molar refractivity (Wildman–Crippen MR) is 103 cm³/mol. The molecule has 1 heterocycles. The molecule has 0 saturated heterocycles. The van der Waals surface area contributed by atoms with E-state index in [0.29, 0.717) is 38.6 Å². The zero-order valence-electron chi connectivity index (χ0n) is 15.4. The first-order valence-electron chi connectivity index (χ1n) is 9.08. The average Bonchev–Trinajstić information content (AvgIpc) is 2.65. The van der Waals surface area contributed by atoms with Gasteiger partial charge in [0.1, 0.15) is 13.2 Å². The van der Waals surface area contributed by atoms with Gasteiger partial charge < -0.3 is 20.1 Å². The lowest BCUT2D eigenvalue weighted by Crippen LogP contribution is -2.28. The van der Waals surface area contributed by atoms with Gasteiger partial charge in [-0.15, -0.1) is 0 Å². The Balaban J connectivity index is 1.50. The van der Waals surface area contributed by atoms with Crippen molar-refractivity contribution in [3.8, 4) is 11.5 Å². The summed E-state index contributed by atoms with van der Waals surface area (Å²) in [6, 6.07) is 14.0. The van der Waals surface area contributed by atoms with Gasteiger partial charge in [0.15, 0.2) is 11.5 Å². The normalized spacial score (nSPS) is 12.7. The zero-order chi connectivity index (χ0) is 18.4. The van der Waals surface area contributed by atoms with E-state index in [1.807, 2.05) is 42.5 Å². The molecule has 0 atom stereocenters. The minimum atomic E-state index is 0.0655. The van der Waals surface area contributed by atoms with Gasteiger partial charge in [0.25, 0.3) is 0 Å². The third-order valence-corrected chi connectivity index (χ3v) is 4.13. The number of carbonyl (C=O) groups excluding carboxylic acids is 1. The highest BCUT2D eigenvalue weighted by Crippen LogP contribution is 2.30. The number of ether oxygens (including phenoxy) is 2. The topological polar surface area (TPSA) is 59.6 Å². The summed E-state index contributed by atoms with van der Waals surface area (Å²) in [7, 11) is 0. The van der Waals surface area contributed by atoms with Crippen LogP contribution in [-0.2, 0) is 17.8 Å². The standard InChI is InChI=1S/C21H26N2O3/c1-15(2)13-23-21(24)12-16-3-6-18(7-4-16)22-14-17-5-8-19-20(11-17)26-10-9-25-19/h3-8,11,15,22H,9-10,12-14H2,1-2H3,(H,23,24). The van der Waals surface area contributed by atoms with E-state index in [1.54, 1.807) is 0 Å². The molecule has 1 aliphatic heterocycles. The van der Waals surface area contributed by atoms with E-state index in [2.05, 4.69) is 24.5 Å². The Bertz CT molecular complexity index is 741. The molecule has 5 heteroatoms. The number of hydrogen-bond acceptors (Lipinski definition) is 4. The molecule has 2 aromatic rings. The van der Waals surface area contributed by atoms with Crippen molar-refractivity contribution in [3.63, 3.8) is 0 Å². The SMILES string of the molecule is CC(C)CNC(=O)Cc1ccc(NCc2ccc3c(c2)OCCO3)cc1. The number of fused-ring (bicyclic) bond motifs is 1. The van der Waals surface area contributed by atoms with Crippen LogP contribution in [0.15, 0.2) is 42.5 Å². The van der Waals surface area contributed by atoms with Crippen molar-refractivity contribution in [2.45, 2.75) is 26.8 Å². The summed E-state index contributed by atoms with van der Waals surface area (Å²) in [6.45, 7) is 6.78. The number of benzene rings is 2. The van der Waals surface area contributed by atoms with E-state index in [1.165, 1.54) is 0 Å². The molecule has 0 spiro atoms. The monoisotopic (exact) mass is 354 g/mol. The van der Waals surface area contributed by atoms with Gasteiger partial charge >= 0.3 is 0 Å². The molecule has 0 aliphatic carbocycles. The number of rotatable bonds is 7. The molecule has 0 saturated carbocycles. The fraction of sp³-hybridized carbons (Fsp3) is 0.381. The number of carbonyl (C=O) groups is 1. The van der Waals surface area contributed by atoms with Crippen LogP contribution in [0, 0.1) is 5.92 Å². The molecule has 2 aromatic carbocycles. The van der Waals surface area contributed by atoms with Crippen molar-refractivity contribution in [1.29, 1.82) is 0 Å². The van der Waals surface area contributed by atoms with Crippen LogP contribution in [0.4, 0.5) is 5.69 Å². The lowest BCUT2D eigenvalue weighted by molar-refractivity contribution is -0.120. The summed E-state index contributed by atoms with van der Waals surface area (Å²) in [6.07, 6.45) is 0.412. The minimum Gasteiger partial charge on any atom is -0.486 e. The molecule has 0 unspecified atom stereocenters. The van der Waals surface area contributed by atoms with Crippen LogP contribution in [0.5, 0.6) is 11.5 Å². The summed E-state index contributed by atoms with van der Waals surface area (Å²) >= 11 is 0. The van der Waals surface area contributed by atoms with Crippen molar-refractivity contribution < 1.29 is 14.3 Å². The first-order valence-corrected chi connectivity index (χ1v) is 9.08. The quantitative estimate of drug-likeness (QED) is 0.800. The van der Waals surface area contributed by atoms with Crippen molar-refractivity contribution in [1.82, 2.24) is 5.32 Å². The summed E-state index contributed by atoms with van der Waals surface area (Å²) in [5.74, 6) is 2.14. The molecular formula is C21H26N2O3. The van der Waals surface area contributed by atoms with Crippen LogP contribution in [-0.4, -0.2) is 25.7 Å². The Kier molecular flexibility index (Phi) is 6.00. The van der Waals surface area contributed by atoms with E-state index in [4.69, 9.17) is 9.47 Å². The third kappa shape index (κ3) is 5.15. The molecule has 26 heavy (non-hydrogen) atoms. The van der Waals surface area contributed by atoms with Crippen LogP contribution in [0.3, 0.4) is 0 Å². The minimum absolute atomic E-state index is 0.0655. The van der Waals surface area contributed by atoms with Gasteiger partial charge in [0, 0.05) is 18.8 Å². The van der Waals surface area contributed by atoms with E-state index in [9.17, 15) is 4.79 Å². The van der Waals surface area contributed by atoms with E-state index >= 15 is 0 Å². The van der Waals surface area contributed by atoms with Crippen LogP contribution < -0.4 is 20.1 Å². The smallest absolute Gasteiger partial charge is 0.224 e. The largest absolute Gasteiger partial charge is 0.486 e. The molecule has 0 radical (unpaired) electrons. The second kappa shape index (κ2) is 8.61. The molecule has 1 amide bonds. The predicted octanol–water partition coefficient (Wildman–Crippen LogP) is 3.38. The van der Waals surface area contributed by atoms with Crippen LogP contribution in [0.2, 0.25) is 0 Å². The lowest BCUT2D eigenvalue weighted by atomic mass is 10.1. The molecule has 3 rings (SSSR count). The Morgan fingerprint density at radius 3 is 2.42 bits per heavy atom. The highest BCUT2D eigenvalue weighted by molar-refractivity contribution is 5.78. The Morgan fingerprint density at radius 2 is 1.69 bits per heavy atom. The second-order valence-electron chi connectivity index (χ2n) is 6.90. The number of amides is 1. The molecule has 138 valence electrons. The van der Waals surface area contributed by atoms with Gasteiger partial charge in [0.2, 0.25) is 5.91 Å². The van der Waals surface area contributed by atoms with Crippen molar-refractivity contribution >= 4 is 11.6 Å². The van der Waals surface area contributed by atoms with Gasteiger partial charge in [-0.05, 0) is 41.3 Å². The number of anilines is 1. The van der Waals surface area contributed by atoms with E-state index in [0.717, 1.165) is 28.3 Å². The van der Waals surface area contributed by atoms with Crippen LogP contribution >= 0.6 is 0 Å². The molecule has 0 aromatic heterocycles. The Labute approximate surface area is 154 Å². The molecule has 2 N–H and O–H groups in total. The van der Waals surface area contributed by atoms with Gasteiger partial charge in [-0.1, -0.05) is 32.0 Å². The summed E-state index contributed by atoms with van der Waals surface area (Å²) in [4.78, 5) is 11.9. The summed E-state index contributed by atoms with van der Waals surface area (Å²) < 4.78 is 11.2. The highest BCUT2D eigenvalue weighted by atomic mass is 16.6. The first-order chi connectivity index (χ1) is 12.6. The molecule has 5 nitrogen and oxygen atoms in total. The second-order valence-corrected chi connectivity index (χ2v) is 6.90. The maximum absolute atomic E-state index is 11.9. The summed E-state index contributed by atoms with van der Waals surface area (Å²) in [5, 5.41) is 6.33. The van der Waals surface area contributed by atoms with Crippen molar-refractivity contribution in [2.75, 3.05) is 25.1 Å². The average molecular weight is 354 g/mol. The number of nitrogens with one attached hydrogen (secondary N) is 2. The van der Waals surface area contributed by atoms with Crippen LogP contribution in [0.1, 0.15) is 25.0 Å². The number of hydrogen-bond donors (Lipinski definition) is 2. The highest BCUT2D eigenvalue weighted by Gasteiger charge is 2.11. The molecule has 1 aliphatic rings. The Morgan fingerprint density at radius 1 is 1.00 bits per heavy atom. The summed E-state index contributed by atoms with van der Waals surface area (Å²) in [5.41, 5.74) is 3.16. The van der Waals surface area contributed by atoms with Gasteiger partial charge in [-0.2, -0.15) is 0 Å². The fourth-order valence-electron chi connectivity index (χ4n) is 2.71. The maximum atomic E-state index is 11.9. The first kappa shape index (κ1) is 18.1. The van der Waals surface area contributed by atoms with E-state index < -0.39 is 0 Å². The van der Waals surface area contributed by atoms with Crippen molar-refractivity contribution in [3.05, 3.63) is 53.6 Å². The Hall–Kier alpha value is -2.69. The van der Waals surface area contributed by atoms with Gasteiger partial charge in [0.05, 0.1) is 6.42 Å². The van der Waals surface area contributed by atoms with Gasteiger partial charge in [-0.3, -0.25) is 4.79 Å². The van der Waals surface area contributed by atoms with Crippen LogP contribution in [0.25, 0.3) is 0 Å².